The van der Waals surface area contributed by atoms with Crippen molar-refractivity contribution in [3.05, 3.63) is 35.9 Å². The molecule has 2 amide bonds. The molecule has 4 heteroatoms. The van der Waals surface area contributed by atoms with Gasteiger partial charge in [0.1, 0.15) is 6.04 Å². The van der Waals surface area contributed by atoms with Crippen molar-refractivity contribution in [3.63, 3.8) is 0 Å². The van der Waals surface area contributed by atoms with Gasteiger partial charge in [0.25, 0.3) is 5.91 Å². The monoisotopic (exact) mass is 342 g/mol. The van der Waals surface area contributed by atoms with Gasteiger partial charge in [0, 0.05) is 18.2 Å². The van der Waals surface area contributed by atoms with E-state index in [1.807, 2.05) is 23.1 Å². The first kappa shape index (κ1) is 18.0. The van der Waals surface area contributed by atoms with E-state index in [-0.39, 0.29) is 29.8 Å². The third kappa shape index (κ3) is 4.42. The van der Waals surface area contributed by atoms with Crippen molar-refractivity contribution in [2.45, 2.75) is 70.4 Å². The number of likely N-dealkylation sites (tertiary alicyclic amines) is 1. The van der Waals surface area contributed by atoms with Crippen molar-refractivity contribution in [3.8, 4) is 0 Å². The van der Waals surface area contributed by atoms with Crippen LogP contribution in [-0.4, -0.2) is 35.3 Å². The van der Waals surface area contributed by atoms with Gasteiger partial charge in [-0.2, -0.15) is 0 Å². The zero-order valence-corrected chi connectivity index (χ0v) is 15.2. The minimum absolute atomic E-state index is 0.128. The molecule has 0 spiro atoms. The Labute approximate surface area is 151 Å². The highest BCUT2D eigenvalue weighted by molar-refractivity contribution is 5.97. The second-order valence-electron chi connectivity index (χ2n) is 7.59. The van der Waals surface area contributed by atoms with Gasteiger partial charge in [-0.15, -0.1) is 0 Å². The van der Waals surface area contributed by atoms with Crippen molar-refractivity contribution in [1.29, 1.82) is 0 Å². The van der Waals surface area contributed by atoms with Crippen LogP contribution in [-0.2, 0) is 4.79 Å². The van der Waals surface area contributed by atoms with Crippen LogP contribution in [0.25, 0.3) is 0 Å². The van der Waals surface area contributed by atoms with E-state index in [1.54, 1.807) is 12.1 Å². The van der Waals surface area contributed by atoms with Crippen LogP contribution in [0.3, 0.4) is 0 Å². The van der Waals surface area contributed by atoms with Crippen LogP contribution in [0.1, 0.15) is 68.6 Å². The van der Waals surface area contributed by atoms with Gasteiger partial charge in [-0.05, 0) is 57.1 Å². The molecule has 0 radical (unpaired) electrons. The van der Waals surface area contributed by atoms with Crippen LogP contribution in [0.15, 0.2) is 30.3 Å². The van der Waals surface area contributed by atoms with E-state index in [0.29, 0.717) is 5.56 Å². The highest BCUT2D eigenvalue weighted by Gasteiger charge is 2.36. The standard InChI is InChI=1S/C21H30N2O2/c1-16-10-8-9-15-23(16)21(25)19(17-11-4-2-5-12-17)22-20(24)18-13-6-3-7-14-18/h3,6-7,13-14,16-17,19H,2,4-5,8-12,15H2,1H3,(H,22,24)/t16?,19-/m0/s1. The minimum atomic E-state index is -0.381. The predicted molar refractivity (Wildman–Crippen MR) is 99.3 cm³/mol. The van der Waals surface area contributed by atoms with Crippen molar-refractivity contribution < 1.29 is 9.59 Å². The van der Waals surface area contributed by atoms with E-state index in [4.69, 9.17) is 0 Å². The van der Waals surface area contributed by atoms with Gasteiger partial charge >= 0.3 is 0 Å². The summed E-state index contributed by atoms with van der Waals surface area (Å²) in [6.07, 6.45) is 8.95. The van der Waals surface area contributed by atoms with Gasteiger partial charge < -0.3 is 10.2 Å². The average Bonchev–Trinajstić information content (AvgIpc) is 2.67. The van der Waals surface area contributed by atoms with Crippen LogP contribution in [0.4, 0.5) is 0 Å². The summed E-state index contributed by atoms with van der Waals surface area (Å²) < 4.78 is 0. The molecule has 0 bridgehead atoms. The number of amides is 2. The van der Waals surface area contributed by atoms with Gasteiger partial charge in [-0.1, -0.05) is 37.5 Å². The van der Waals surface area contributed by atoms with Crippen molar-refractivity contribution >= 4 is 11.8 Å². The highest BCUT2D eigenvalue weighted by atomic mass is 16.2. The van der Waals surface area contributed by atoms with Crippen LogP contribution in [0.5, 0.6) is 0 Å². The molecule has 25 heavy (non-hydrogen) atoms. The lowest BCUT2D eigenvalue weighted by atomic mass is 9.82. The van der Waals surface area contributed by atoms with E-state index in [0.717, 1.165) is 45.1 Å². The lowest BCUT2D eigenvalue weighted by Gasteiger charge is -2.39. The molecule has 1 N–H and O–H groups in total. The number of nitrogens with zero attached hydrogens (tertiary/aromatic N) is 1. The Bertz CT molecular complexity index is 581. The molecular weight excluding hydrogens is 312 g/mol. The van der Waals surface area contributed by atoms with Gasteiger partial charge in [-0.3, -0.25) is 9.59 Å². The Balaban J connectivity index is 1.76. The summed E-state index contributed by atoms with van der Waals surface area (Å²) in [6, 6.07) is 9.13. The van der Waals surface area contributed by atoms with E-state index < -0.39 is 0 Å². The Morgan fingerprint density at radius 2 is 1.68 bits per heavy atom. The molecular formula is C21H30N2O2. The molecule has 1 aromatic carbocycles. The van der Waals surface area contributed by atoms with E-state index in [1.165, 1.54) is 12.8 Å². The molecule has 1 saturated carbocycles. The Hall–Kier alpha value is -1.84. The number of carbonyl (C=O) groups excluding carboxylic acids is 2. The molecule has 2 fully saturated rings. The van der Waals surface area contributed by atoms with E-state index in [2.05, 4.69) is 12.2 Å². The fourth-order valence-corrected chi connectivity index (χ4v) is 4.27. The smallest absolute Gasteiger partial charge is 0.251 e. The van der Waals surface area contributed by atoms with Gasteiger partial charge in [-0.25, -0.2) is 0 Å². The largest absolute Gasteiger partial charge is 0.340 e. The van der Waals surface area contributed by atoms with E-state index in [9.17, 15) is 9.59 Å². The van der Waals surface area contributed by atoms with Crippen molar-refractivity contribution in [2.24, 2.45) is 5.92 Å². The molecule has 1 saturated heterocycles. The number of hydrogen-bond acceptors (Lipinski definition) is 2. The Morgan fingerprint density at radius 3 is 2.36 bits per heavy atom. The topological polar surface area (TPSA) is 49.4 Å². The molecule has 1 aliphatic carbocycles. The minimum Gasteiger partial charge on any atom is -0.340 e. The molecule has 4 nitrogen and oxygen atoms in total. The summed E-state index contributed by atoms with van der Waals surface area (Å²) in [5.41, 5.74) is 0.628. The number of rotatable bonds is 4. The van der Waals surface area contributed by atoms with Crippen molar-refractivity contribution in [1.82, 2.24) is 10.2 Å². The van der Waals surface area contributed by atoms with E-state index >= 15 is 0 Å². The summed E-state index contributed by atoms with van der Waals surface area (Å²) in [5.74, 6) is 0.264. The molecule has 2 atom stereocenters. The van der Waals surface area contributed by atoms with Gasteiger partial charge in [0.2, 0.25) is 5.91 Å². The molecule has 1 heterocycles. The number of piperidine rings is 1. The fraction of sp³-hybridized carbons (Fsp3) is 0.619. The van der Waals surface area contributed by atoms with Crippen LogP contribution < -0.4 is 5.32 Å². The molecule has 0 aromatic heterocycles. The normalized spacial score (nSPS) is 23.1. The summed E-state index contributed by atoms with van der Waals surface area (Å²) >= 11 is 0. The zero-order chi connectivity index (χ0) is 17.6. The Morgan fingerprint density at radius 1 is 1.00 bits per heavy atom. The number of nitrogens with one attached hydrogen (secondary N) is 1. The third-order valence-corrected chi connectivity index (χ3v) is 5.80. The lowest BCUT2D eigenvalue weighted by Crippen LogP contribution is -2.55. The first-order chi connectivity index (χ1) is 12.2. The van der Waals surface area contributed by atoms with Crippen LogP contribution >= 0.6 is 0 Å². The zero-order valence-electron chi connectivity index (χ0n) is 15.2. The molecule has 136 valence electrons. The second kappa shape index (κ2) is 8.50. The van der Waals surface area contributed by atoms with Gasteiger partial charge in [0.15, 0.2) is 0 Å². The second-order valence-corrected chi connectivity index (χ2v) is 7.59. The first-order valence-electron chi connectivity index (χ1n) is 9.83. The molecule has 1 aliphatic heterocycles. The summed E-state index contributed by atoms with van der Waals surface area (Å²) in [7, 11) is 0. The maximum atomic E-state index is 13.3. The summed E-state index contributed by atoms with van der Waals surface area (Å²) in [6.45, 7) is 2.96. The number of benzene rings is 1. The summed E-state index contributed by atoms with van der Waals surface area (Å²) in [5, 5.41) is 3.09. The SMILES string of the molecule is CC1CCCCN1C(=O)[C@@H](NC(=O)c1ccccc1)C1CCCCC1. The van der Waals surface area contributed by atoms with Crippen LogP contribution in [0, 0.1) is 5.92 Å². The maximum Gasteiger partial charge on any atom is 0.251 e. The third-order valence-electron chi connectivity index (χ3n) is 5.80. The number of carbonyl (C=O) groups is 2. The Kier molecular flexibility index (Phi) is 6.11. The molecule has 3 rings (SSSR count). The fourth-order valence-electron chi connectivity index (χ4n) is 4.27. The lowest BCUT2D eigenvalue weighted by molar-refractivity contribution is -0.138. The van der Waals surface area contributed by atoms with Crippen molar-refractivity contribution in [2.75, 3.05) is 6.54 Å². The maximum absolute atomic E-state index is 13.3. The average molecular weight is 342 g/mol. The molecule has 2 aliphatic rings. The quantitative estimate of drug-likeness (QED) is 0.905. The molecule has 1 aromatic rings. The van der Waals surface area contributed by atoms with Crippen LogP contribution in [0.2, 0.25) is 0 Å². The summed E-state index contributed by atoms with van der Waals surface area (Å²) in [4.78, 5) is 28.0. The molecule has 1 unspecified atom stereocenters. The first-order valence-corrected chi connectivity index (χ1v) is 9.83. The predicted octanol–water partition coefficient (Wildman–Crippen LogP) is 3.77. The van der Waals surface area contributed by atoms with Gasteiger partial charge in [0.05, 0.1) is 0 Å². The number of hydrogen-bond donors (Lipinski definition) is 1. The highest BCUT2D eigenvalue weighted by Crippen LogP contribution is 2.29.